The average molecular weight is 230 g/mol. The summed E-state index contributed by atoms with van der Waals surface area (Å²) in [4.78, 5) is 0. The molecule has 0 fully saturated rings. The Bertz CT molecular complexity index is 331. The van der Waals surface area contributed by atoms with Crippen LogP contribution >= 0.6 is 7.60 Å². The zero-order valence-electron chi connectivity index (χ0n) is 9.04. The zero-order valence-corrected chi connectivity index (χ0v) is 9.94. The number of hydrogen-bond acceptors (Lipinski definition) is 4. The third-order valence-corrected chi connectivity index (χ3v) is 4.21. The van der Waals surface area contributed by atoms with Gasteiger partial charge < -0.3 is 13.8 Å². The molecule has 0 saturated heterocycles. The summed E-state index contributed by atoms with van der Waals surface area (Å²) < 4.78 is 27.1. The first-order valence-electron chi connectivity index (χ1n) is 4.47. The summed E-state index contributed by atoms with van der Waals surface area (Å²) in [6.45, 7) is 0. The van der Waals surface area contributed by atoms with Crippen LogP contribution in [0.5, 0.6) is 0 Å². The molecule has 1 aromatic rings. The van der Waals surface area contributed by atoms with Crippen molar-refractivity contribution in [1.82, 2.24) is 0 Å². The van der Waals surface area contributed by atoms with Gasteiger partial charge in [0.25, 0.3) is 0 Å². The monoisotopic (exact) mass is 230 g/mol. The normalized spacial score (nSPS) is 13.8. The maximum atomic E-state index is 12.1. The van der Waals surface area contributed by atoms with E-state index in [1.807, 2.05) is 30.3 Å². The van der Waals surface area contributed by atoms with Crippen molar-refractivity contribution in [2.75, 3.05) is 21.3 Å². The highest BCUT2D eigenvalue weighted by molar-refractivity contribution is 7.54. The van der Waals surface area contributed by atoms with E-state index >= 15 is 0 Å². The van der Waals surface area contributed by atoms with Crippen molar-refractivity contribution in [2.45, 2.75) is 5.85 Å². The van der Waals surface area contributed by atoms with E-state index in [9.17, 15) is 4.57 Å². The second kappa shape index (κ2) is 5.42. The van der Waals surface area contributed by atoms with Gasteiger partial charge in [0, 0.05) is 21.3 Å². The Balaban J connectivity index is 3.04. The Kier molecular flexibility index (Phi) is 4.48. The van der Waals surface area contributed by atoms with E-state index in [-0.39, 0.29) is 0 Å². The standard InChI is InChI=1S/C10H15O4P/c1-12-10(15(11,13-2)14-3)9-7-5-4-6-8-9/h4-8,10H,1-3H3. The number of methoxy groups -OCH3 is 1. The zero-order chi connectivity index (χ0) is 11.3. The SMILES string of the molecule is COC(c1ccccc1)P(=O)(OC)OC. The summed E-state index contributed by atoms with van der Waals surface area (Å²) in [5.74, 6) is -0.686. The van der Waals surface area contributed by atoms with Crippen LogP contribution in [0, 0.1) is 0 Å². The summed E-state index contributed by atoms with van der Waals surface area (Å²) in [5, 5.41) is 0. The van der Waals surface area contributed by atoms with Gasteiger partial charge >= 0.3 is 7.60 Å². The number of hydrogen-bond donors (Lipinski definition) is 0. The Morgan fingerprint density at radius 3 is 2.00 bits per heavy atom. The summed E-state index contributed by atoms with van der Waals surface area (Å²) in [6.07, 6.45) is 0. The third kappa shape index (κ3) is 2.67. The molecule has 0 aliphatic heterocycles. The van der Waals surface area contributed by atoms with E-state index in [0.29, 0.717) is 0 Å². The van der Waals surface area contributed by atoms with Gasteiger partial charge in [-0.2, -0.15) is 0 Å². The van der Waals surface area contributed by atoms with Crippen LogP contribution in [0.1, 0.15) is 11.4 Å². The second-order valence-corrected chi connectivity index (χ2v) is 5.18. The van der Waals surface area contributed by atoms with Crippen LogP contribution in [0.3, 0.4) is 0 Å². The van der Waals surface area contributed by atoms with Gasteiger partial charge in [0.2, 0.25) is 0 Å². The first kappa shape index (κ1) is 12.4. The lowest BCUT2D eigenvalue weighted by atomic mass is 10.2. The highest BCUT2D eigenvalue weighted by Crippen LogP contribution is 2.59. The molecule has 0 heterocycles. The van der Waals surface area contributed by atoms with Gasteiger partial charge in [-0.1, -0.05) is 30.3 Å². The van der Waals surface area contributed by atoms with E-state index < -0.39 is 13.4 Å². The number of benzene rings is 1. The predicted octanol–water partition coefficient (Wildman–Crippen LogP) is 2.82. The minimum atomic E-state index is -3.24. The van der Waals surface area contributed by atoms with Crippen molar-refractivity contribution in [3.8, 4) is 0 Å². The molecule has 1 aromatic carbocycles. The molecule has 0 aromatic heterocycles. The highest BCUT2D eigenvalue weighted by Gasteiger charge is 2.35. The van der Waals surface area contributed by atoms with E-state index in [0.717, 1.165) is 5.56 Å². The van der Waals surface area contributed by atoms with E-state index in [1.54, 1.807) is 0 Å². The molecule has 0 bridgehead atoms. The molecule has 0 aliphatic carbocycles. The molecule has 0 aliphatic rings. The molecule has 0 radical (unpaired) electrons. The van der Waals surface area contributed by atoms with Gasteiger partial charge in [0.1, 0.15) is 0 Å². The molecule has 0 spiro atoms. The molecule has 0 amide bonds. The third-order valence-electron chi connectivity index (χ3n) is 2.10. The topological polar surface area (TPSA) is 44.8 Å². The molecule has 5 heteroatoms. The van der Waals surface area contributed by atoms with Crippen molar-refractivity contribution >= 4 is 7.60 Å². The van der Waals surface area contributed by atoms with Crippen LogP contribution in [-0.2, 0) is 18.3 Å². The van der Waals surface area contributed by atoms with Crippen LogP contribution < -0.4 is 0 Å². The maximum Gasteiger partial charge on any atom is 0.363 e. The minimum Gasteiger partial charge on any atom is -0.364 e. The number of ether oxygens (including phenoxy) is 1. The second-order valence-electron chi connectivity index (χ2n) is 2.90. The smallest absolute Gasteiger partial charge is 0.363 e. The van der Waals surface area contributed by atoms with Crippen molar-refractivity contribution in [3.05, 3.63) is 35.9 Å². The molecule has 0 N–H and O–H groups in total. The van der Waals surface area contributed by atoms with Gasteiger partial charge in [-0.25, -0.2) is 0 Å². The fourth-order valence-corrected chi connectivity index (χ4v) is 2.66. The van der Waals surface area contributed by atoms with E-state index in [1.165, 1.54) is 21.3 Å². The highest BCUT2D eigenvalue weighted by atomic mass is 31.2. The summed E-state index contributed by atoms with van der Waals surface area (Å²) in [6, 6.07) is 9.20. The molecular formula is C10H15O4P. The largest absolute Gasteiger partial charge is 0.364 e. The molecule has 0 saturated carbocycles. The summed E-state index contributed by atoms with van der Waals surface area (Å²) in [7, 11) is 0.932. The molecule has 1 rings (SSSR count). The Morgan fingerprint density at radius 1 is 1.07 bits per heavy atom. The van der Waals surface area contributed by atoms with Crippen molar-refractivity contribution < 1.29 is 18.3 Å². The average Bonchev–Trinajstić information content (AvgIpc) is 2.31. The fourth-order valence-electron chi connectivity index (χ4n) is 1.33. The lowest BCUT2D eigenvalue weighted by Gasteiger charge is -2.23. The molecule has 15 heavy (non-hydrogen) atoms. The van der Waals surface area contributed by atoms with Crippen LogP contribution in [0.15, 0.2) is 30.3 Å². The van der Waals surface area contributed by atoms with Crippen LogP contribution in [0.2, 0.25) is 0 Å². The van der Waals surface area contributed by atoms with Gasteiger partial charge in [-0.3, -0.25) is 4.57 Å². The van der Waals surface area contributed by atoms with E-state index in [2.05, 4.69) is 0 Å². The maximum absolute atomic E-state index is 12.1. The molecule has 1 atom stereocenters. The predicted molar refractivity (Wildman–Crippen MR) is 57.8 cm³/mol. The molecule has 1 unspecified atom stereocenters. The Morgan fingerprint density at radius 2 is 1.60 bits per heavy atom. The van der Waals surface area contributed by atoms with E-state index in [4.69, 9.17) is 13.8 Å². The van der Waals surface area contributed by atoms with Gasteiger partial charge in [0.15, 0.2) is 5.85 Å². The Hall–Kier alpha value is -0.670. The van der Waals surface area contributed by atoms with Crippen molar-refractivity contribution in [1.29, 1.82) is 0 Å². The summed E-state index contributed by atoms with van der Waals surface area (Å²) >= 11 is 0. The molecular weight excluding hydrogens is 215 g/mol. The van der Waals surface area contributed by atoms with Crippen LogP contribution in [0.4, 0.5) is 0 Å². The lowest BCUT2D eigenvalue weighted by Crippen LogP contribution is -2.05. The minimum absolute atomic E-state index is 0.686. The van der Waals surface area contributed by atoms with Crippen molar-refractivity contribution in [3.63, 3.8) is 0 Å². The first-order chi connectivity index (χ1) is 7.18. The first-order valence-corrected chi connectivity index (χ1v) is 6.08. The molecule has 4 nitrogen and oxygen atoms in total. The number of rotatable bonds is 5. The quantitative estimate of drug-likeness (QED) is 0.729. The van der Waals surface area contributed by atoms with Gasteiger partial charge in [-0.15, -0.1) is 0 Å². The van der Waals surface area contributed by atoms with Gasteiger partial charge in [0.05, 0.1) is 0 Å². The van der Waals surface area contributed by atoms with Gasteiger partial charge in [-0.05, 0) is 5.56 Å². The van der Waals surface area contributed by atoms with Crippen LogP contribution in [-0.4, -0.2) is 21.3 Å². The lowest BCUT2D eigenvalue weighted by molar-refractivity contribution is 0.123. The Labute approximate surface area is 89.7 Å². The summed E-state index contributed by atoms with van der Waals surface area (Å²) in [5.41, 5.74) is 0.770. The van der Waals surface area contributed by atoms with Crippen LogP contribution in [0.25, 0.3) is 0 Å². The fraction of sp³-hybridized carbons (Fsp3) is 0.400. The molecule has 84 valence electrons. The van der Waals surface area contributed by atoms with Crippen molar-refractivity contribution in [2.24, 2.45) is 0 Å².